The van der Waals surface area contributed by atoms with E-state index in [0.717, 1.165) is 11.3 Å². The number of carbonyl (C=O) groups is 1. The van der Waals surface area contributed by atoms with Gasteiger partial charge in [0.2, 0.25) is 0 Å². The molecular weight excluding hydrogens is 327 g/mol. The molecule has 0 amide bonds. The van der Waals surface area contributed by atoms with Gasteiger partial charge in [-0.2, -0.15) is 0 Å². The van der Waals surface area contributed by atoms with Gasteiger partial charge in [0, 0.05) is 16.3 Å². The first kappa shape index (κ1) is 16.2. The van der Waals surface area contributed by atoms with E-state index in [1.54, 1.807) is 37.1 Å². The average molecular weight is 341 g/mol. The summed E-state index contributed by atoms with van der Waals surface area (Å²) >= 11 is 13.4. The zero-order chi connectivity index (χ0) is 15.2. The quantitative estimate of drug-likeness (QED) is 0.682. The van der Waals surface area contributed by atoms with Crippen LogP contribution in [0.25, 0.3) is 0 Å². The third-order valence-electron chi connectivity index (χ3n) is 2.89. The van der Waals surface area contributed by atoms with E-state index in [0.29, 0.717) is 27.1 Å². The number of hydrogen-bond donors (Lipinski definition) is 0. The van der Waals surface area contributed by atoms with Crippen LogP contribution >= 0.6 is 35.0 Å². The van der Waals surface area contributed by atoms with E-state index in [1.165, 1.54) is 0 Å². The molecular formula is C16H14Cl2O2S. The van der Waals surface area contributed by atoms with Crippen LogP contribution < -0.4 is 4.74 Å². The molecule has 0 spiro atoms. The molecule has 21 heavy (non-hydrogen) atoms. The fourth-order valence-corrected chi connectivity index (χ4v) is 3.03. The van der Waals surface area contributed by atoms with Crippen molar-refractivity contribution < 1.29 is 9.53 Å². The molecule has 0 fully saturated rings. The topological polar surface area (TPSA) is 26.3 Å². The van der Waals surface area contributed by atoms with Gasteiger partial charge < -0.3 is 4.74 Å². The van der Waals surface area contributed by atoms with E-state index in [-0.39, 0.29) is 5.78 Å². The zero-order valence-electron chi connectivity index (χ0n) is 11.4. The Kier molecular flexibility index (Phi) is 5.97. The maximum atomic E-state index is 12.1. The van der Waals surface area contributed by atoms with Crippen molar-refractivity contribution in [1.29, 1.82) is 0 Å². The van der Waals surface area contributed by atoms with Crippen molar-refractivity contribution in [1.82, 2.24) is 0 Å². The van der Waals surface area contributed by atoms with Crippen LogP contribution in [-0.2, 0) is 5.75 Å². The molecule has 0 N–H and O–H groups in total. The van der Waals surface area contributed by atoms with Gasteiger partial charge in [0.25, 0.3) is 0 Å². The highest BCUT2D eigenvalue weighted by Gasteiger charge is 2.09. The molecule has 0 heterocycles. The zero-order valence-corrected chi connectivity index (χ0v) is 13.8. The smallest absolute Gasteiger partial charge is 0.172 e. The maximum absolute atomic E-state index is 12.1. The SMILES string of the molecule is COc1ccc(C(=O)CSCc2ccc(Cl)cc2)cc1Cl. The molecule has 0 aliphatic rings. The Morgan fingerprint density at radius 2 is 1.86 bits per heavy atom. The second kappa shape index (κ2) is 7.74. The lowest BCUT2D eigenvalue weighted by Gasteiger charge is -2.06. The summed E-state index contributed by atoms with van der Waals surface area (Å²) in [6.45, 7) is 0. The van der Waals surface area contributed by atoms with E-state index in [1.807, 2.05) is 24.3 Å². The van der Waals surface area contributed by atoms with Crippen molar-refractivity contribution in [2.75, 3.05) is 12.9 Å². The van der Waals surface area contributed by atoms with Gasteiger partial charge in [0.15, 0.2) is 5.78 Å². The fraction of sp³-hybridized carbons (Fsp3) is 0.188. The van der Waals surface area contributed by atoms with Gasteiger partial charge in [-0.25, -0.2) is 0 Å². The van der Waals surface area contributed by atoms with E-state index in [4.69, 9.17) is 27.9 Å². The Balaban J connectivity index is 1.89. The second-order valence-corrected chi connectivity index (χ2v) is 6.22. The maximum Gasteiger partial charge on any atom is 0.172 e. The number of ketones is 1. The largest absolute Gasteiger partial charge is 0.495 e. The summed E-state index contributed by atoms with van der Waals surface area (Å²) in [5.74, 6) is 1.80. The minimum Gasteiger partial charge on any atom is -0.495 e. The van der Waals surface area contributed by atoms with Crippen LogP contribution in [0, 0.1) is 0 Å². The molecule has 2 aromatic rings. The highest BCUT2D eigenvalue weighted by molar-refractivity contribution is 7.99. The summed E-state index contributed by atoms with van der Waals surface area (Å²) < 4.78 is 5.07. The van der Waals surface area contributed by atoms with Crippen molar-refractivity contribution in [3.63, 3.8) is 0 Å². The highest BCUT2D eigenvalue weighted by Crippen LogP contribution is 2.26. The van der Waals surface area contributed by atoms with Crippen LogP contribution in [0.1, 0.15) is 15.9 Å². The summed E-state index contributed by atoms with van der Waals surface area (Å²) in [5.41, 5.74) is 1.74. The van der Waals surface area contributed by atoms with Crippen molar-refractivity contribution >= 4 is 40.7 Å². The molecule has 0 aliphatic heterocycles. The molecule has 2 aromatic carbocycles. The van der Waals surface area contributed by atoms with Gasteiger partial charge in [-0.3, -0.25) is 4.79 Å². The first-order valence-electron chi connectivity index (χ1n) is 6.29. The molecule has 0 radical (unpaired) electrons. The van der Waals surface area contributed by atoms with Crippen LogP contribution in [0.5, 0.6) is 5.75 Å². The lowest BCUT2D eigenvalue weighted by Crippen LogP contribution is -2.03. The molecule has 5 heteroatoms. The molecule has 2 nitrogen and oxygen atoms in total. The van der Waals surface area contributed by atoms with Crippen molar-refractivity contribution in [3.05, 3.63) is 63.6 Å². The first-order valence-corrected chi connectivity index (χ1v) is 8.20. The minimum atomic E-state index is 0.0542. The highest BCUT2D eigenvalue weighted by atomic mass is 35.5. The Morgan fingerprint density at radius 1 is 1.14 bits per heavy atom. The van der Waals surface area contributed by atoms with Gasteiger partial charge >= 0.3 is 0 Å². The Bertz CT molecular complexity index is 627. The van der Waals surface area contributed by atoms with Crippen LogP contribution in [0.3, 0.4) is 0 Å². The van der Waals surface area contributed by atoms with E-state index in [9.17, 15) is 4.79 Å². The second-order valence-electron chi connectivity index (χ2n) is 4.39. The monoisotopic (exact) mass is 340 g/mol. The third kappa shape index (κ3) is 4.67. The molecule has 0 saturated heterocycles. The number of rotatable bonds is 6. The lowest BCUT2D eigenvalue weighted by molar-refractivity contribution is 0.102. The Hall–Kier alpha value is -1.16. The normalized spacial score (nSPS) is 10.4. The summed E-state index contributed by atoms with van der Waals surface area (Å²) in [6, 6.07) is 12.7. The van der Waals surface area contributed by atoms with Gasteiger partial charge in [-0.15, -0.1) is 11.8 Å². The summed E-state index contributed by atoms with van der Waals surface area (Å²) in [6.07, 6.45) is 0. The van der Waals surface area contributed by atoms with Crippen molar-refractivity contribution in [2.45, 2.75) is 5.75 Å². The molecule has 0 aromatic heterocycles. The summed E-state index contributed by atoms with van der Waals surface area (Å²) in [7, 11) is 1.55. The van der Waals surface area contributed by atoms with Gasteiger partial charge in [0.1, 0.15) is 5.75 Å². The van der Waals surface area contributed by atoms with E-state index in [2.05, 4.69) is 0 Å². The number of carbonyl (C=O) groups excluding carboxylic acids is 1. The number of benzene rings is 2. The molecule has 110 valence electrons. The van der Waals surface area contributed by atoms with Gasteiger partial charge in [-0.05, 0) is 35.9 Å². The van der Waals surface area contributed by atoms with Gasteiger partial charge in [-0.1, -0.05) is 35.3 Å². The predicted molar refractivity (Wildman–Crippen MR) is 89.9 cm³/mol. The molecule has 0 atom stereocenters. The Morgan fingerprint density at radius 3 is 2.48 bits per heavy atom. The standard InChI is InChI=1S/C16H14Cl2O2S/c1-20-16-7-4-12(8-14(16)18)15(19)10-21-9-11-2-5-13(17)6-3-11/h2-8H,9-10H2,1H3. The first-order chi connectivity index (χ1) is 10.1. The molecule has 0 unspecified atom stereocenters. The van der Waals surface area contributed by atoms with E-state index >= 15 is 0 Å². The van der Waals surface area contributed by atoms with Crippen molar-refractivity contribution in [2.24, 2.45) is 0 Å². The third-order valence-corrected chi connectivity index (χ3v) is 4.44. The van der Waals surface area contributed by atoms with Crippen LogP contribution in [0.15, 0.2) is 42.5 Å². The Labute approximate surface area is 138 Å². The molecule has 0 aliphatic carbocycles. The summed E-state index contributed by atoms with van der Waals surface area (Å²) in [5, 5.41) is 1.17. The number of Topliss-reactive ketones (excluding diaryl/α,β-unsaturated/α-hetero) is 1. The number of hydrogen-bond acceptors (Lipinski definition) is 3. The van der Waals surface area contributed by atoms with Crippen molar-refractivity contribution in [3.8, 4) is 5.75 Å². The fourth-order valence-electron chi connectivity index (χ4n) is 1.77. The number of thioether (sulfide) groups is 1. The van der Waals surface area contributed by atoms with E-state index < -0.39 is 0 Å². The predicted octanol–water partition coefficient (Wildman–Crippen LogP) is 5.12. The van der Waals surface area contributed by atoms with Gasteiger partial charge in [0.05, 0.1) is 17.9 Å². The summed E-state index contributed by atoms with van der Waals surface area (Å²) in [4.78, 5) is 12.1. The lowest BCUT2D eigenvalue weighted by atomic mass is 10.1. The number of ether oxygens (including phenoxy) is 1. The van der Waals surface area contributed by atoms with Crippen LogP contribution in [0.4, 0.5) is 0 Å². The van der Waals surface area contributed by atoms with Crippen LogP contribution in [-0.4, -0.2) is 18.6 Å². The molecule has 0 bridgehead atoms. The average Bonchev–Trinajstić information content (AvgIpc) is 2.49. The number of halogens is 2. The number of methoxy groups -OCH3 is 1. The molecule has 2 rings (SSSR count). The molecule has 0 saturated carbocycles. The minimum absolute atomic E-state index is 0.0542. The van der Waals surface area contributed by atoms with Crippen LogP contribution in [0.2, 0.25) is 10.0 Å².